The zero-order valence-electron chi connectivity index (χ0n) is 10.6. The van der Waals surface area contributed by atoms with Crippen molar-refractivity contribution >= 4 is 21.7 Å². The van der Waals surface area contributed by atoms with Gasteiger partial charge in [0.25, 0.3) is 5.91 Å². The van der Waals surface area contributed by atoms with Gasteiger partial charge in [-0.1, -0.05) is 0 Å². The standard InChI is InChI=1S/C12H14N2O5S/c15-11(10-9(12(16)17)2-1-5-13-10)14-8-3-6-20(18,19)7-4-8/h1-2,5,8H,3-4,6-7H2,(H,14,15)(H,16,17). The van der Waals surface area contributed by atoms with Gasteiger partial charge in [0.2, 0.25) is 0 Å². The van der Waals surface area contributed by atoms with Gasteiger partial charge in [-0.15, -0.1) is 0 Å². The number of hydrogen-bond acceptors (Lipinski definition) is 5. The average molecular weight is 298 g/mol. The Balaban J connectivity index is 2.08. The molecule has 20 heavy (non-hydrogen) atoms. The van der Waals surface area contributed by atoms with Crippen LogP contribution in [0.3, 0.4) is 0 Å². The number of carboxylic acid groups (broad SMARTS) is 1. The Morgan fingerprint density at radius 3 is 2.55 bits per heavy atom. The van der Waals surface area contributed by atoms with Crippen molar-refractivity contribution in [2.75, 3.05) is 11.5 Å². The number of pyridine rings is 1. The Bertz CT molecular complexity index is 627. The number of nitrogens with zero attached hydrogens (tertiary/aromatic N) is 1. The van der Waals surface area contributed by atoms with E-state index in [0.29, 0.717) is 12.8 Å². The van der Waals surface area contributed by atoms with Gasteiger partial charge in [0.05, 0.1) is 17.1 Å². The Labute approximate surface area is 115 Å². The van der Waals surface area contributed by atoms with Crippen LogP contribution in [0.4, 0.5) is 0 Å². The quantitative estimate of drug-likeness (QED) is 0.817. The molecule has 1 fully saturated rings. The molecule has 0 atom stereocenters. The van der Waals surface area contributed by atoms with E-state index < -0.39 is 21.7 Å². The van der Waals surface area contributed by atoms with E-state index in [1.54, 1.807) is 0 Å². The van der Waals surface area contributed by atoms with Crippen LogP contribution < -0.4 is 5.32 Å². The lowest BCUT2D eigenvalue weighted by molar-refractivity contribution is 0.0689. The third-order valence-corrected chi connectivity index (χ3v) is 4.86. The van der Waals surface area contributed by atoms with Crippen LogP contribution in [0.1, 0.15) is 33.7 Å². The number of rotatable bonds is 3. The summed E-state index contributed by atoms with van der Waals surface area (Å²) in [7, 11) is -3.00. The highest BCUT2D eigenvalue weighted by atomic mass is 32.2. The highest BCUT2D eigenvalue weighted by Gasteiger charge is 2.26. The van der Waals surface area contributed by atoms with E-state index in [1.807, 2.05) is 0 Å². The van der Waals surface area contributed by atoms with E-state index >= 15 is 0 Å². The molecule has 8 heteroatoms. The Kier molecular flexibility index (Phi) is 4.03. The second-order valence-corrected chi connectivity index (χ2v) is 6.91. The molecule has 0 spiro atoms. The average Bonchev–Trinajstić information content (AvgIpc) is 2.41. The van der Waals surface area contributed by atoms with E-state index in [9.17, 15) is 18.0 Å². The number of carboxylic acids is 1. The van der Waals surface area contributed by atoms with Crippen molar-refractivity contribution in [3.05, 3.63) is 29.6 Å². The summed E-state index contributed by atoms with van der Waals surface area (Å²) in [6.07, 6.45) is 2.01. The van der Waals surface area contributed by atoms with Gasteiger partial charge < -0.3 is 10.4 Å². The van der Waals surface area contributed by atoms with Gasteiger partial charge in [-0.25, -0.2) is 13.2 Å². The maximum absolute atomic E-state index is 12.0. The van der Waals surface area contributed by atoms with Crippen molar-refractivity contribution in [1.29, 1.82) is 0 Å². The summed E-state index contributed by atoms with van der Waals surface area (Å²) in [5.41, 5.74) is -0.332. The number of aromatic carboxylic acids is 1. The molecule has 1 saturated heterocycles. The molecule has 1 aromatic rings. The lowest BCUT2D eigenvalue weighted by Gasteiger charge is -2.23. The van der Waals surface area contributed by atoms with Gasteiger partial charge in [-0.2, -0.15) is 0 Å². The predicted octanol–water partition coefficient (Wildman–Crippen LogP) is 0.0868. The van der Waals surface area contributed by atoms with Crippen molar-refractivity contribution in [2.24, 2.45) is 0 Å². The first-order chi connectivity index (χ1) is 9.39. The van der Waals surface area contributed by atoms with E-state index in [-0.39, 0.29) is 28.8 Å². The van der Waals surface area contributed by atoms with Crippen LogP contribution in [-0.2, 0) is 9.84 Å². The summed E-state index contributed by atoms with van der Waals surface area (Å²) in [5, 5.41) is 11.6. The van der Waals surface area contributed by atoms with Gasteiger partial charge in [0.1, 0.15) is 15.5 Å². The summed E-state index contributed by atoms with van der Waals surface area (Å²) < 4.78 is 22.6. The molecular weight excluding hydrogens is 284 g/mol. The minimum absolute atomic E-state index is 0.0337. The van der Waals surface area contributed by atoms with Gasteiger partial charge in [0.15, 0.2) is 0 Å². The van der Waals surface area contributed by atoms with Crippen LogP contribution in [0, 0.1) is 0 Å². The molecule has 0 unspecified atom stereocenters. The first-order valence-corrected chi connectivity index (χ1v) is 7.91. The maximum Gasteiger partial charge on any atom is 0.338 e. The van der Waals surface area contributed by atoms with Crippen molar-refractivity contribution in [1.82, 2.24) is 10.3 Å². The predicted molar refractivity (Wildman–Crippen MR) is 70.3 cm³/mol. The van der Waals surface area contributed by atoms with Gasteiger partial charge >= 0.3 is 5.97 Å². The molecule has 2 N–H and O–H groups in total. The van der Waals surface area contributed by atoms with Crippen molar-refractivity contribution < 1.29 is 23.1 Å². The number of hydrogen-bond donors (Lipinski definition) is 2. The zero-order valence-corrected chi connectivity index (χ0v) is 11.4. The van der Waals surface area contributed by atoms with Gasteiger partial charge in [-0.05, 0) is 25.0 Å². The molecule has 1 amide bonds. The molecule has 0 saturated carbocycles. The van der Waals surface area contributed by atoms with Crippen LogP contribution in [-0.4, -0.2) is 47.9 Å². The molecule has 0 radical (unpaired) electrons. The number of nitrogens with one attached hydrogen (secondary N) is 1. The molecule has 2 rings (SSSR count). The number of carbonyl (C=O) groups excluding carboxylic acids is 1. The van der Waals surface area contributed by atoms with Crippen molar-refractivity contribution in [3.63, 3.8) is 0 Å². The highest BCUT2D eigenvalue weighted by molar-refractivity contribution is 7.91. The molecule has 7 nitrogen and oxygen atoms in total. The number of carbonyl (C=O) groups is 2. The van der Waals surface area contributed by atoms with Crippen molar-refractivity contribution in [3.8, 4) is 0 Å². The second kappa shape index (κ2) is 5.58. The van der Waals surface area contributed by atoms with E-state index in [1.165, 1.54) is 18.3 Å². The number of sulfone groups is 1. The van der Waals surface area contributed by atoms with Crippen LogP contribution in [0.25, 0.3) is 0 Å². The van der Waals surface area contributed by atoms with E-state index in [2.05, 4.69) is 10.3 Å². The monoisotopic (exact) mass is 298 g/mol. The molecule has 1 aliphatic rings. The second-order valence-electron chi connectivity index (χ2n) is 4.60. The van der Waals surface area contributed by atoms with Crippen LogP contribution in [0.2, 0.25) is 0 Å². The number of amides is 1. The molecule has 0 aliphatic carbocycles. The minimum atomic E-state index is -3.00. The zero-order chi connectivity index (χ0) is 14.8. The summed E-state index contributed by atoms with van der Waals surface area (Å²) in [6.45, 7) is 0. The summed E-state index contributed by atoms with van der Waals surface area (Å²) in [6, 6.07) is 2.47. The summed E-state index contributed by atoms with van der Waals surface area (Å²) in [4.78, 5) is 26.8. The lowest BCUT2D eigenvalue weighted by Crippen LogP contribution is -2.41. The smallest absolute Gasteiger partial charge is 0.338 e. The molecule has 0 bridgehead atoms. The third kappa shape index (κ3) is 3.32. The van der Waals surface area contributed by atoms with Gasteiger partial charge in [-0.3, -0.25) is 9.78 Å². The fourth-order valence-electron chi connectivity index (χ4n) is 2.05. The van der Waals surface area contributed by atoms with E-state index in [0.717, 1.165) is 0 Å². The third-order valence-electron chi connectivity index (χ3n) is 3.14. The normalized spacial score (nSPS) is 18.4. The van der Waals surface area contributed by atoms with E-state index in [4.69, 9.17) is 5.11 Å². The van der Waals surface area contributed by atoms with Crippen LogP contribution in [0.5, 0.6) is 0 Å². The topological polar surface area (TPSA) is 113 Å². The minimum Gasteiger partial charge on any atom is -0.478 e. The molecule has 108 valence electrons. The maximum atomic E-state index is 12.0. The molecular formula is C12H14N2O5S. The highest BCUT2D eigenvalue weighted by Crippen LogP contribution is 2.13. The Hall–Kier alpha value is -1.96. The first kappa shape index (κ1) is 14.4. The Morgan fingerprint density at radius 1 is 1.30 bits per heavy atom. The van der Waals surface area contributed by atoms with Crippen molar-refractivity contribution in [2.45, 2.75) is 18.9 Å². The fourth-order valence-corrected chi connectivity index (χ4v) is 3.54. The first-order valence-electron chi connectivity index (χ1n) is 6.08. The van der Waals surface area contributed by atoms with Gasteiger partial charge in [0, 0.05) is 12.2 Å². The fraction of sp³-hybridized carbons (Fsp3) is 0.417. The van der Waals surface area contributed by atoms with Crippen LogP contribution >= 0.6 is 0 Å². The Morgan fingerprint density at radius 2 is 1.95 bits per heavy atom. The number of aromatic nitrogens is 1. The molecule has 2 heterocycles. The summed E-state index contributed by atoms with van der Waals surface area (Å²) >= 11 is 0. The SMILES string of the molecule is O=C(O)c1cccnc1C(=O)NC1CCS(=O)(=O)CC1. The van der Waals surface area contributed by atoms with Crippen LogP contribution in [0.15, 0.2) is 18.3 Å². The largest absolute Gasteiger partial charge is 0.478 e. The molecule has 1 aromatic heterocycles. The summed E-state index contributed by atoms with van der Waals surface area (Å²) in [5.74, 6) is -1.75. The lowest BCUT2D eigenvalue weighted by atomic mass is 10.1. The molecule has 1 aliphatic heterocycles. The molecule has 0 aromatic carbocycles.